The molecule has 8 atom stereocenters. The number of methoxy groups -OCH3 is 2. The number of alkyl carbamates (subject to hydrolysis) is 2. The summed E-state index contributed by atoms with van der Waals surface area (Å²) in [5, 5.41) is 7.55. The van der Waals surface area contributed by atoms with Crippen LogP contribution in [0.4, 0.5) is 9.59 Å². The third kappa shape index (κ3) is 6.09. The number of benzene rings is 3. The molecule has 4 heterocycles. The lowest BCUT2D eigenvalue weighted by Crippen LogP contribution is -2.52. The molecule has 3 aromatic carbocycles. The number of aromatic nitrogens is 4. The van der Waals surface area contributed by atoms with E-state index < -0.39 is 24.3 Å². The summed E-state index contributed by atoms with van der Waals surface area (Å²) in [4.78, 5) is 73.0. The van der Waals surface area contributed by atoms with Crippen LogP contribution in [0.3, 0.4) is 0 Å². The number of imidazole rings is 2. The number of hydrogen-bond donors (Lipinski definition) is 4. The lowest BCUT2D eigenvalue weighted by Gasteiger charge is -2.31. The molecule has 2 saturated carbocycles. The molecule has 14 heteroatoms. The number of carbonyl (C=O) groups excluding carboxylic acids is 4. The highest BCUT2D eigenvalue weighted by Crippen LogP contribution is 2.54. The van der Waals surface area contributed by atoms with Gasteiger partial charge in [0.1, 0.15) is 23.7 Å². The average Bonchev–Trinajstić information content (AvgIpc) is 3.84. The average molecular weight is 761 g/mol. The highest BCUT2D eigenvalue weighted by atomic mass is 16.5. The van der Waals surface area contributed by atoms with Crippen molar-refractivity contribution in [2.45, 2.75) is 89.6 Å². The molecule has 56 heavy (non-hydrogen) atoms. The summed E-state index contributed by atoms with van der Waals surface area (Å²) < 4.78 is 9.63. The second-order valence-electron chi connectivity index (χ2n) is 16.7. The monoisotopic (exact) mass is 760 g/mol. The molecule has 2 aliphatic carbocycles. The fourth-order valence-electron chi connectivity index (χ4n) is 9.28. The lowest BCUT2D eigenvalue weighted by atomic mass is 10.0. The van der Waals surface area contributed by atoms with Crippen molar-refractivity contribution in [1.82, 2.24) is 40.4 Å². The van der Waals surface area contributed by atoms with Crippen LogP contribution >= 0.6 is 0 Å². The normalized spacial score (nSPS) is 24.7. The number of rotatable bonds is 9. The van der Waals surface area contributed by atoms with Crippen molar-refractivity contribution in [2.24, 2.45) is 23.7 Å². The number of ether oxygens (including phenoxy) is 2. The molecule has 4 aliphatic rings. The maximum Gasteiger partial charge on any atom is 0.407 e. The number of fused-ring (bicyclic) bond motifs is 6. The molecular weight excluding hydrogens is 713 g/mol. The van der Waals surface area contributed by atoms with E-state index in [0.717, 1.165) is 81.3 Å². The van der Waals surface area contributed by atoms with Crippen LogP contribution in [0.1, 0.15) is 77.1 Å². The summed E-state index contributed by atoms with van der Waals surface area (Å²) in [6.45, 7) is 7.69. The molecule has 0 unspecified atom stereocenters. The van der Waals surface area contributed by atoms with E-state index in [2.05, 4.69) is 57.0 Å². The first kappa shape index (κ1) is 36.0. The van der Waals surface area contributed by atoms with Crippen molar-refractivity contribution in [3.05, 3.63) is 60.2 Å². The number of nitrogens with zero attached hydrogens (tertiary/aromatic N) is 4. The van der Waals surface area contributed by atoms with Crippen LogP contribution in [0.5, 0.6) is 0 Å². The molecule has 9 rings (SSSR count). The molecule has 4 N–H and O–H groups in total. The van der Waals surface area contributed by atoms with Crippen LogP contribution in [0.25, 0.3) is 44.0 Å². The molecule has 2 aliphatic heterocycles. The minimum absolute atomic E-state index is 0.102. The Balaban J connectivity index is 0.973. The van der Waals surface area contributed by atoms with Crippen molar-refractivity contribution in [1.29, 1.82) is 0 Å². The Hall–Kier alpha value is -5.66. The van der Waals surface area contributed by atoms with Gasteiger partial charge in [0.25, 0.3) is 0 Å². The minimum atomic E-state index is -0.688. The maximum atomic E-state index is 13.9. The second kappa shape index (κ2) is 13.5. The zero-order valence-corrected chi connectivity index (χ0v) is 32.5. The molecule has 292 valence electrons. The summed E-state index contributed by atoms with van der Waals surface area (Å²) in [7, 11) is 2.61. The summed E-state index contributed by atoms with van der Waals surface area (Å²) >= 11 is 0. The first-order valence-electron chi connectivity index (χ1n) is 19.7. The number of carbonyl (C=O) groups is 4. The van der Waals surface area contributed by atoms with E-state index in [1.54, 1.807) is 0 Å². The molecule has 4 fully saturated rings. The van der Waals surface area contributed by atoms with Gasteiger partial charge in [-0.25, -0.2) is 19.6 Å². The largest absolute Gasteiger partial charge is 0.453 e. The van der Waals surface area contributed by atoms with Gasteiger partial charge in [-0.2, -0.15) is 0 Å². The van der Waals surface area contributed by atoms with E-state index in [1.165, 1.54) is 14.2 Å². The molecule has 4 amide bonds. The Labute approximate surface area is 324 Å². The number of likely N-dealkylation sites (tertiary alicyclic amines) is 2. The molecule has 2 aromatic heterocycles. The van der Waals surface area contributed by atoms with Gasteiger partial charge in [-0.3, -0.25) is 9.59 Å². The highest BCUT2D eigenvalue weighted by molar-refractivity contribution is 6.05. The topological polar surface area (TPSA) is 175 Å². The molecule has 0 radical (unpaired) electrons. The second-order valence-corrected chi connectivity index (χ2v) is 16.7. The quantitative estimate of drug-likeness (QED) is 0.135. The minimum Gasteiger partial charge on any atom is -0.453 e. The number of hydrogen-bond acceptors (Lipinski definition) is 8. The first-order chi connectivity index (χ1) is 26.9. The molecule has 0 spiro atoms. The summed E-state index contributed by atoms with van der Waals surface area (Å²) in [5.74, 6) is 1.97. The van der Waals surface area contributed by atoms with Gasteiger partial charge in [-0.15, -0.1) is 0 Å². The van der Waals surface area contributed by atoms with Crippen molar-refractivity contribution in [3.63, 3.8) is 0 Å². The smallest absolute Gasteiger partial charge is 0.407 e. The molecule has 5 aromatic rings. The van der Waals surface area contributed by atoms with Gasteiger partial charge in [0.15, 0.2) is 0 Å². The van der Waals surface area contributed by atoms with E-state index in [1.807, 2.05) is 49.6 Å². The van der Waals surface area contributed by atoms with Crippen molar-refractivity contribution in [3.8, 4) is 11.1 Å². The third-order valence-electron chi connectivity index (χ3n) is 12.5. The van der Waals surface area contributed by atoms with Crippen LogP contribution in [0.2, 0.25) is 0 Å². The maximum absolute atomic E-state index is 13.9. The zero-order valence-electron chi connectivity index (χ0n) is 32.5. The van der Waals surface area contributed by atoms with E-state index in [-0.39, 0.29) is 47.8 Å². The van der Waals surface area contributed by atoms with Gasteiger partial charge in [0.2, 0.25) is 11.8 Å². The van der Waals surface area contributed by atoms with Crippen molar-refractivity contribution in [2.75, 3.05) is 14.2 Å². The predicted octanol–water partition coefficient (Wildman–Crippen LogP) is 6.34. The lowest BCUT2D eigenvalue weighted by molar-refractivity contribution is -0.137. The van der Waals surface area contributed by atoms with Crippen LogP contribution in [-0.4, -0.2) is 92.1 Å². The summed E-state index contributed by atoms with van der Waals surface area (Å²) in [6.07, 6.45) is 2.38. The van der Waals surface area contributed by atoms with Gasteiger partial charge >= 0.3 is 12.2 Å². The standard InChI is InChI=1S/C42H48N8O6/c1-19(2)34(47-41(53)55-5)39(51)49-30-15-24(30)17-32(49)37-43-27-11-8-22(14-29(27)45-37)21-7-10-26-23(13-21)9-12-28-36(26)46-38(44-28)33-18-25-16-31(25)50(33)40(52)35(20(3)4)48-42(54)56-6/h7-14,19-20,24-25,30-35H,15-18H2,1-6H3,(H,43,45)(H,44,46)(H,47,53)(H,48,54)/t24-,25-,30-,31-,32+,33+,34+,35+/m1/s1. The van der Waals surface area contributed by atoms with Crippen LogP contribution in [0.15, 0.2) is 48.5 Å². The molecule has 0 bridgehead atoms. The van der Waals surface area contributed by atoms with Gasteiger partial charge in [-0.05, 0) is 90.1 Å². The highest BCUT2D eigenvalue weighted by Gasteiger charge is 2.57. The number of nitrogens with one attached hydrogen (secondary N) is 4. The molecular formula is C42H48N8O6. The van der Waals surface area contributed by atoms with Gasteiger partial charge in [-0.1, -0.05) is 52.0 Å². The van der Waals surface area contributed by atoms with E-state index in [9.17, 15) is 19.2 Å². The Morgan fingerprint density at radius 3 is 1.79 bits per heavy atom. The Kier molecular flexibility index (Phi) is 8.69. The fourth-order valence-corrected chi connectivity index (χ4v) is 9.28. The van der Waals surface area contributed by atoms with E-state index in [0.29, 0.717) is 11.8 Å². The number of piperidine rings is 2. The number of H-pyrrole nitrogens is 2. The van der Waals surface area contributed by atoms with Crippen LogP contribution in [0, 0.1) is 23.7 Å². The van der Waals surface area contributed by atoms with Gasteiger partial charge in [0, 0.05) is 17.5 Å². The number of amides is 4. The van der Waals surface area contributed by atoms with Gasteiger partial charge in [0.05, 0.1) is 48.4 Å². The molecule has 2 saturated heterocycles. The van der Waals surface area contributed by atoms with E-state index in [4.69, 9.17) is 19.4 Å². The van der Waals surface area contributed by atoms with Crippen molar-refractivity contribution >= 4 is 56.8 Å². The Morgan fingerprint density at radius 1 is 0.679 bits per heavy atom. The predicted molar refractivity (Wildman–Crippen MR) is 209 cm³/mol. The Bertz CT molecular complexity index is 2400. The number of aromatic amines is 2. The molecule has 14 nitrogen and oxygen atoms in total. The fraction of sp³-hybridized carbons (Fsp3) is 0.476. The van der Waals surface area contributed by atoms with E-state index >= 15 is 0 Å². The zero-order chi connectivity index (χ0) is 39.2. The summed E-state index contributed by atoms with van der Waals surface area (Å²) in [6, 6.07) is 15.2. The summed E-state index contributed by atoms with van der Waals surface area (Å²) in [5.41, 5.74) is 5.56. The first-order valence-corrected chi connectivity index (χ1v) is 19.7. The van der Waals surface area contributed by atoms with Crippen molar-refractivity contribution < 1.29 is 28.7 Å². The van der Waals surface area contributed by atoms with Crippen LogP contribution in [-0.2, 0) is 19.1 Å². The van der Waals surface area contributed by atoms with Gasteiger partial charge < -0.3 is 39.9 Å². The third-order valence-corrected chi connectivity index (χ3v) is 12.5. The van der Waals surface area contributed by atoms with Crippen LogP contribution < -0.4 is 10.6 Å². The Morgan fingerprint density at radius 2 is 1.21 bits per heavy atom. The SMILES string of the molecule is COC(=O)N[C@H](C(=O)N1[C@@H]2C[C@@H]2C[C@H]1c1nc2ccc(-c3ccc4c(ccc5[nH]c([C@@H]6C[C@H]7C[C@H]7N6C(=O)[C@@H](NC(=O)OC)C(C)C)nc54)c3)cc2[nH]1)C(C)C.